The molecule has 8 heteroatoms. The quantitative estimate of drug-likeness (QED) is 0.204. The van der Waals surface area contributed by atoms with Crippen LogP contribution in [0.2, 0.25) is 0 Å². The SMILES string of the molecule is CN=C(NCc1ccccc1Cn1cccn1)NCc1ccccc1-n1nc(C)cc1C.I. The van der Waals surface area contributed by atoms with Gasteiger partial charge in [-0.3, -0.25) is 9.67 Å². The van der Waals surface area contributed by atoms with E-state index in [1.165, 1.54) is 11.1 Å². The van der Waals surface area contributed by atoms with Gasteiger partial charge in [0.25, 0.3) is 0 Å². The number of para-hydroxylation sites is 1. The maximum absolute atomic E-state index is 4.64. The summed E-state index contributed by atoms with van der Waals surface area (Å²) in [6, 6.07) is 20.7. The van der Waals surface area contributed by atoms with E-state index in [4.69, 9.17) is 0 Å². The molecule has 0 bridgehead atoms. The Kier molecular flexibility index (Phi) is 8.65. The lowest BCUT2D eigenvalue weighted by molar-refractivity contribution is 0.677. The molecule has 0 fully saturated rings. The summed E-state index contributed by atoms with van der Waals surface area (Å²) in [5.74, 6) is 0.752. The van der Waals surface area contributed by atoms with Crippen LogP contribution >= 0.6 is 24.0 Å². The molecule has 0 atom stereocenters. The van der Waals surface area contributed by atoms with Crippen LogP contribution in [0.25, 0.3) is 5.69 Å². The van der Waals surface area contributed by atoms with Gasteiger partial charge in [0.1, 0.15) is 0 Å². The topological polar surface area (TPSA) is 72.1 Å². The summed E-state index contributed by atoms with van der Waals surface area (Å²) >= 11 is 0. The van der Waals surface area contributed by atoms with Crippen molar-refractivity contribution in [3.05, 3.63) is 101 Å². The minimum absolute atomic E-state index is 0. The standard InChI is InChI=1S/C25H29N7.HI/c1-19-15-20(2)32(30-19)24-12-7-6-10-22(24)17-28-25(26-3)27-16-21-9-4-5-11-23(21)18-31-14-8-13-29-31;/h4-15H,16-18H2,1-3H3,(H2,26,27,28);1H. The summed E-state index contributed by atoms with van der Waals surface area (Å²) in [5, 5.41) is 15.8. The van der Waals surface area contributed by atoms with Gasteiger partial charge >= 0.3 is 0 Å². The fourth-order valence-electron chi connectivity index (χ4n) is 3.77. The zero-order valence-electron chi connectivity index (χ0n) is 19.2. The maximum atomic E-state index is 4.64. The van der Waals surface area contributed by atoms with E-state index in [1.54, 1.807) is 13.2 Å². The Hall–Kier alpha value is -3.14. The van der Waals surface area contributed by atoms with Crippen LogP contribution in [-0.4, -0.2) is 32.6 Å². The first kappa shape index (κ1) is 24.5. The van der Waals surface area contributed by atoms with Gasteiger partial charge in [0, 0.05) is 38.2 Å². The molecule has 2 aromatic carbocycles. The maximum Gasteiger partial charge on any atom is 0.191 e. The minimum Gasteiger partial charge on any atom is -0.352 e. The van der Waals surface area contributed by atoms with Crippen molar-refractivity contribution in [1.82, 2.24) is 30.2 Å². The number of hydrogen-bond acceptors (Lipinski definition) is 3. The molecule has 0 unspecified atom stereocenters. The first-order valence-electron chi connectivity index (χ1n) is 10.7. The second kappa shape index (κ2) is 11.6. The number of hydrogen-bond donors (Lipinski definition) is 2. The van der Waals surface area contributed by atoms with Gasteiger partial charge in [-0.05, 0) is 48.7 Å². The highest BCUT2D eigenvalue weighted by atomic mass is 127. The zero-order valence-corrected chi connectivity index (χ0v) is 21.5. The number of rotatable bonds is 7. The number of halogens is 1. The minimum atomic E-state index is 0. The van der Waals surface area contributed by atoms with Crippen molar-refractivity contribution in [3.63, 3.8) is 0 Å². The highest BCUT2D eigenvalue weighted by Gasteiger charge is 2.10. The molecule has 0 amide bonds. The lowest BCUT2D eigenvalue weighted by atomic mass is 10.1. The molecular weight excluding hydrogens is 525 g/mol. The Balaban J connectivity index is 0.00000306. The van der Waals surface area contributed by atoms with Gasteiger partial charge in [0.05, 0.1) is 17.9 Å². The third kappa shape index (κ3) is 6.22. The van der Waals surface area contributed by atoms with E-state index in [0.29, 0.717) is 13.1 Å². The van der Waals surface area contributed by atoms with Crippen LogP contribution < -0.4 is 10.6 Å². The molecule has 0 saturated heterocycles. The van der Waals surface area contributed by atoms with Crippen molar-refractivity contribution in [1.29, 1.82) is 0 Å². The van der Waals surface area contributed by atoms with Crippen LogP contribution in [-0.2, 0) is 19.6 Å². The average molecular weight is 555 g/mol. The molecule has 0 aliphatic heterocycles. The third-order valence-corrected chi connectivity index (χ3v) is 5.36. The smallest absolute Gasteiger partial charge is 0.191 e. The first-order chi connectivity index (χ1) is 15.6. The lowest BCUT2D eigenvalue weighted by Gasteiger charge is -2.16. The van der Waals surface area contributed by atoms with E-state index in [0.717, 1.165) is 35.1 Å². The van der Waals surface area contributed by atoms with Gasteiger partial charge in [-0.2, -0.15) is 10.2 Å². The normalized spacial score (nSPS) is 11.2. The summed E-state index contributed by atoms with van der Waals surface area (Å²) in [4.78, 5) is 4.40. The largest absolute Gasteiger partial charge is 0.352 e. The van der Waals surface area contributed by atoms with E-state index < -0.39 is 0 Å². The van der Waals surface area contributed by atoms with E-state index in [1.807, 2.05) is 40.7 Å². The predicted octanol–water partition coefficient (Wildman–Crippen LogP) is 4.22. The van der Waals surface area contributed by atoms with Gasteiger partial charge < -0.3 is 10.6 Å². The summed E-state index contributed by atoms with van der Waals surface area (Å²) < 4.78 is 3.93. The molecule has 0 aliphatic carbocycles. The molecule has 4 rings (SSSR count). The number of aromatic nitrogens is 4. The lowest BCUT2D eigenvalue weighted by Crippen LogP contribution is -2.36. The highest BCUT2D eigenvalue weighted by molar-refractivity contribution is 14.0. The van der Waals surface area contributed by atoms with E-state index in [9.17, 15) is 0 Å². The van der Waals surface area contributed by atoms with Crippen molar-refractivity contribution in [2.75, 3.05) is 7.05 Å². The van der Waals surface area contributed by atoms with Gasteiger partial charge in [-0.25, -0.2) is 4.68 Å². The Morgan fingerprint density at radius 2 is 1.58 bits per heavy atom. The van der Waals surface area contributed by atoms with Gasteiger partial charge in [0.2, 0.25) is 0 Å². The van der Waals surface area contributed by atoms with E-state index in [2.05, 4.69) is 75.2 Å². The molecule has 7 nitrogen and oxygen atoms in total. The second-order valence-corrected chi connectivity index (χ2v) is 7.72. The molecule has 4 aromatic rings. The molecule has 0 aliphatic rings. The molecule has 33 heavy (non-hydrogen) atoms. The van der Waals surface area contributed by atoms with Crippen LogP contribution in [0.1, 0.15) is 28.1 Å². The fraction of sp³-hybridized carbons (Fsp3) is 0.240. The Morgan fingerprint density at radius 1 is 0.909 bits per heavy atom. The van der Waals surface area contributed by atoms with Crippen LogP contribution in [0.5, 0.6) is 0 Å². The van der Waals surface area contributed by atoms with Crippen molar-refractivity contribution in [2.24, 2.45) is 4.99 Å². The molecular formula is C25H30IN7. The monoisotopic (exact) mass is 555 g/mol. The Bertz CT molecular complexity index is 1200. The summed E-state index contributed by atoms with van der Waals surface area (Å²) in [5.41, 5.74) is 6.80. The second-order valence-electron chi connectivity index (χ2n) is 7.72. The van der Waals surface area contributed by atoms with Gasteiger partial charge in [-0.15, -0.1) is 24.0 Å². The number of aryl methyl sites for hydroxylation is 2. The molecule has 2 heterocycles. The molecule has 0 saturated carbocycles. The van der Waals surface area contributed by atoms with Crippen molar-refractivity contribution in [3.8, 4) is 5.69 Å². The van der Waals surface area contributed by atoms with E-state index in [-0.39, 0.29) is 24.0 Å². The van der Waals surface area contributed by atoms with Crippen LogP contribution in [0.3, 0.4) is 0 Å². The molecule has 2 aromatic heterocycles. The fourth-order valence-corrected chi connectivity index (χ4v) is 3.77. The number of nitrogens with zero attached hydrogens (tertiary/aromatic N) is 5. The van der Waals surface area contributed by atoms with Crippen LogP contribution in [0, 0.1) is 13.8 Å². The zero-order chi connectivity index (χ0) is 22.3. The van der Waals surface area contributed by atoms with Crippen LogP contribution in [0.4, 0.5) is 0 Å². The highest BCUT2D eigenvalue weighted by Crippen LogP contribution is 2.17. The predicted molar refractivity (Wildman–Crippen MR) is 143 cm³/mol. The van der Waals surface area contributed by atoms with Crippen molar-refractivity contribution >= 4 is 29.9 Å². The number of nitrogens with one attached hydrogen (secondary N) is 2. The summed E-state index contributed by atoms with van der Waals surface area (Å²) in [6.07, 6.45) is 3.78. The van der Waals surface area contributed by atoms with Gasteiger partial charge in [0.15, 0.2) is 5.96 Å². The average Bonchev–Trinajstić information content (AvgIpc) is 3.44. The number of aliphatic imine (C=N–C) groups is 1. The van der Waals surface area contributed by atoms with Gasteiger partial charge in [-0.1, -0.05) is 42.5 Å². The van der Waals surface area contributed by atoms with Crippen LogP contribution in [0.15, 0.2) is 78.0 Å². The molecule has 0 radical (unpaired) electrons. The van der Waals surface area contributed by atoms with E-state index >= 15 is 0 Å². The molecule has 2 N–H and O–H groups in total. The number of guanidine groups is 1. The third-order valence-electron chi connectivity index (χ3n) is 5.36. The Labute approximate surface area is 212 Å². The molecule has 172 valence electrons. The number of benzene rings is 2. The summed E-state index contributed by atoms with van der Waals surface area (Å²) in [6.45, 7) is 6.15. The summed E-state index contributed by atoms with van der Waals surface area (Å²) in [7, 11) is 1.79. The Morgan fingerprint density at radius 3 is 2.21 bits per heavy atom. The van der Waals surface area contributed by atoms with Crippen molar-refractivity contribution < 1.29 is 0 Å². The first-order valence-corrected chi connectivity index (χ1v) is 10.7. The molecule has 0 spiro atoms. The van der Waals surface area contributed by atoms with Crippen molar-refractivity contribution in [2.45, 2.75) is 33.5 Å².